The Labute approximate surface area is 161 Å². The van der Waals surface area contributed by atoms with Gasteiger partial charge in [0, 0.05) is 12.8 Å². The smallest absolute Gasteiger partial charge is 0.199 e. The van der Waals surface area contributed by atoms with E-state index in [1.165, 1.54) is 0 Å². The molecule has 154 valence electrons. The monoisotopic (exact) mass is 370 g/mol. The summed E-state index contributed by atoms with van der Waals surface area (Å²) in [5, 5.41) is 0. The molecule has 2 heterocycles. The summed E-state index contributed by atoms with van der Waals surface area (Å²) in [7, 11) is 0. The summed E-state index contributed by atoms with van der Waals surface area (Å²) >= 11 is 0. The van der Waals surface area contributed by atoms with Gasteiger partial charge in [0.25, 0.3) is 0 Å². The van der Waals surface area contributed by atoms with Crippen molar-refractivity contribution in [2.75, 3.05) is 0 Å². The third-order valence-electron chi connectivity index (χ3n) is 5.78. The van der Waals surface area contributed by atoms with E-state index in [1.807, 2.05) is 13.8 Å². The second kappa shape index (κ2) is 7.35. The van der Waals surface area contributed by atoms with Crippen molar-refractivity contribution in [3.8, 4) is 0 Å². The molecule has 4 heteroatoms. The van der Waals surface area contributed by atoms with Crippen LogP contribution in [0, 0.1) is 22.7 Å². The van der Waals surface area contributed by atoms with Crippen LogP contribution in [-0.2, 0) is 19.2 Å². The fraction of sp³-hybridized carbons (Fsp3) is 1.00. The van der Waals surface area contributed by atoms with Gasteiger partial charge in [-0.2, -0.15) is 9.78 Å². The average molecular weight is 371 g/mol. The van der Waals surface area contributed by atoms with Crippen LogP contribution in [0.25, 0.3) is 0 Å². The lowest BCUT2D eigenvalue weighted by Gasteiger charge is -2.48. The molecule has 6 atom stereocenters. The quantitative estimate of drug-likeness (QED) is 0.445. The third kappa shape index (κ3) is 5.67. The summed E-state index contributed by atoms with van der Waals surface area (Å²) in [6.45, 7) is 21.8. The van der Waals surface area contributed by atoms with Crippen molar-refractivity contribution in [1.82, 2.24) is 0 Å². The van der Waals surface area contributed by atoms with Crippen molar-refractivity contribution in [2.24, 2.45) is 22.7 Å². The van der Waals surface area contributed by atoms with Crippen LogP contribution in [0.4, 0.5) is 0 Å². The maximum atomic E-state index is 6.36. The molecule has 0 aromatic heterocycles. The van der Waals surface area contributed by atoms with E-state index in [1.54, 1.807) is 0 Å². The maximum absolute atomic E-state index is 6.36. The minimum atomic E-state index is -0.736. The van der Waals surface area contributed by atoms with Crippen LogP contribution >= 0.6 is 0 Å². The first-order valence-corrected chi connectivity index (χ1v) is 10.3. The van der Waals surface area contributed by atoms with Gasteiger partial charge >= 0.3 is 0 Å². The Morgan fingerprint density at radius 2 is 1.00 bits per heavy atom. The number of rotatable bonds is 3. The van der Waals surface area contributed by atoms with Crippen molar-refractivity contribution < 1.29 is 19.2 Å². The van der Waals surface area contributed by atoms with E-state index in [4.69, 9.17) is 19.2 Å². The minimum absolute atomic E-state index is 0.0797. The van der Waals surface area contributed by atoms with E-state index in [0.29, 0.717) is 11.8 Å². The second-order valence-electron chi connectivity index (χ2n) is 11.5. The Hall–Kier alpha value is -0.160. The molecular formula is C22H42O4. The van der Waals surface area contributed by atoms with Crippen molar-refractivity contribution >= 4 is 0 Å². The Bertz CT molecular complexity index is 434. The zero-order valence-corrected chi connectivity index (χ0v) is 18.8. The molecule has 0 aromatic rings. The number of hydrogen-bond donors (Lipinski definition) is 0. The van der Waals surface area contributed by atoms with Crippen LogP contribution in [0.3, 0.4) is 0 Å². The third-order valence-corrected chi connectivity index (χ3v) is 5.78. The summed E-state index contributed by atoms with van der Waals surface area (Å²) < 4.78 is 12.7. The molecule has 0 saturated carbocycles. The molecule has 0 radical (unpaired) electrons. The predicted molar refractivity (Wildman–Crippen MR) is 104 cm³/mol. The van der Waals surface area contributed by atoms with Gasteiger partial charge in [0.05, 0.1) is 12.2 Å². The van der Waals surface area contributed by atoms with Crippen LogP contribution < -0.4 is 0 Å². The first-order valence-electron chi connectivity index (χ1n) is 10.3. The molecule has 2 saturated heterocycles. The molecule has 2 aliphatic heterocycles. The van der Waals surface area contributed by atoms with Gasteiger partial charge in [-0.15, -0.1) is 0 Å². The van der Waals surface area contributed by atoms with Gasteiger partial charge in [0.2, 0.25) is 0 Å². The Morgan fingerprint density at radius 3 is 1.27 bits per heavy atom. The van der Waals surface area contributed by atoms with Crippen molar-refractivity contribution in [1.29, 1.82) is 0 Å². The molecule has 2 fully saturated rings. The second-order valence-corrected chi connectivity index (χ2v) is 11.5. The van der Waals surface area contributed by atoms with Crippen molar-refractivity contribution in [3.05, 3.63) is 0 Å². The van der Waals surface area contributed by atoms with Gasteiger partial charge < -0.3 is 9.47 Å². The SMILES string of the molecule is C[C@@H]1C[C@H](C(C)(C)C)O[C@@](C)(OO[C@]2(C)C[C@@H](C)C[C@@H](C(C)(C)C)O2)C1. The number of hydrogen-bond acceptors (Lipinski definition) is 4. The highest BCUT2D eigenvalue weighted by Crippen LogP contribution is 2.44. The fourth-order valence-corrected chi connectivity index (χ4v) is 4.30. The molecule has 2 aliphatic rings. The molecule has 0 N–H and O–H groups in total. The molecule has 0 aliphatic carbocycles. The average Bonchev–Trinajstić information content (AvgIpc) is 2.42. The lowest BCUT2D eigenvalue weighted by Crippen LogP contribution is -2.52. The molecule has 2 rings (SSSR count). The van der Waals surface area contributed by atoms with Gasteiger partial charge in [-0.25, -0.2) is 0 Å². The molecule has 0 spiro atoms. The van der Waals surface area contributed by atoms with Crippen LogP contribution in [0.5, 0.6) is 0 Å². The first kappa shape index (κ1) is 22.1. The van der Waals surface area contributed by atoms with E-state index in [9.17, 15) is 0 Å². The molecule has 0 bridgehead atoms. The zero-order valence-electron chi connectivity index (χ0n) is 18.8. The largest absolute Gasteiger partial charge is 0.344 e. The van der Waals surface area contributed by atoms with Crippen LogP contribution in [0.1, 0.15) is 94.9 Å². The highest BCUT2D eigenvalue weighted by Gasteiger charge is 2.47. The van der Waals surface area contributed by atoms with Gasteiger partial charge in [0.1, 0.15) is 0 Å². The molecule has 26 heavy (non-hydrogen) atoms. The Kier molecular flexibility index (Phi) is 6.25. The molecule has 0 aromatic carbocycles. The fourth-order valence-electron chi connectivity index (χ4n) is 4.30. The summed E-state index contributed by atoms with van der Waals surface area (Å²) in [5.74, 6) is -0.411. The zero-order chi connectivity index (χ0) is 20.0. The van der Waals surface area contributed by atoms with Crippen molar-refractivity contribution in [3.63, 3.8) is 0 Å². The van der Waals surface area contributed by atoms with Gasteiger partial charge in [-0.05, 0) is 49.4 Å². The van der Waals surface area contributed by atoms with Crippen LogP contribution in [0.15, 0.2) is 0 Å². The standard InChI is InChI=1S/C22H42O4/c1-15-11-17(19(3,4)5)23-21(9,13-15)25-26-22(10)14-16(2)12-18(24-22)20(6,7)8/h15-18H,11-14H2,1-10H3/t15-,16+,17-,18+,21+,22-. The molecule has 0 amide bonds. The maximum Gasteiger partial charge on any atom is 0.199 e. The van der Waals surface area contributed by atoms with Crippen LogP contribution in [-0.4, -0.2) is 23.8 Å². The van der Waals surface area contributed by atoms with E-state index in [0.717, 1.165) is 25.7 Å². The van der Waals surface area contributed by atoms with E-state index >= 15 is 0 Å². The van der Waals surface area contributed by atoms with E-state index in [2.05, 4.69) is 55.4 Å². The highest BCUT2D eigenvalue weighted by atomic mass is 17.3. The molecule has 0 unspecified atom stereocenters. The predicted octanol–water partition coefficient (Wildman–Crippen LogP) is 6.09. The Balaban J connectivity index is 2.05. The molecular weight excluding hydrogens is 328 g/mol. The van der Waals surface area contributed by atoms with Gasteiger partial charge in [-0.3, -0.25) is 0 Å². The summed E-state index contributed by atoms with van der Waals surface area (Å²) in [6.07, 6.45) is 4.07. The number of ether oxygens (including phenoxy) is 2. The normalized spacial score (nSPS) is 42.7. The Morgan fingerprint density at radius 1 is 0.692 bits per heavy atom. The van der Waals surface area contributed by atoms with E-state index in [-0.39, 0.29) is 23.0 Å². The molecule has 4 nitrogen and oxygen atoms in total. The topological polar surface area (TPSA) is 36.9 Å². The first-order chi connectivity index (χ1) is 11.6. The summed E-state index contributed by atoms with van der Waals surface area (Å²) in [5.41, 5.74) is 0.159. The lowest BCUT2D eigenvalue weighted by atomic mass is 9.79. The summed E-state index contributed by atoms with van der Waals surface area (Å²) in [4.78, 5) is 11.9. The highest BCUT2D eigenvalue weighted by molar-refractivity contribution is 4.87. The minimum Gasteiger partial charge on any atom is -0.344 e. The van der Waals surface area contributed by atoms with Crippen molar-refractivity contribution in [2.45, 2.75) is 119 Å². The van der Waals surface area contributed by atoms with E-state index < -0.39 is 11.6 Å². The summed E-state index contributed by atoms with van der Waals surface area (Å²) in [6, 6.07) is 0. The van der Waals surface area contributed by atoms with Gasteiger partial charge in [-0.1, -0.05) is 55.4 Å². The lowest BCUT2D eigenvalue weighted by molar-refractivity contribution is -0.521. The van der Waals surface area contributed by atoms with Crippen LogP contribution in [0.2, 0.25) is 0 Å². The van der Waals surface area contributed by atoms with Gasteiger partial charge in [0.15, 0.2) is 11.6 Å².